The number of likely N-dealkylation sites (N-methyl/N-ethyl adjacent to an activating group) is 1. The van der Waals surface area contributed by atoms with Crippen molar-refractivity contribution in [3.05, 3.63) is 17.0 Å². The predicted molar refractivity (Wildman–Crippen MR) is 62.0 cm³/mol. The number of fused-ring (bicyclic) bond motifs is 1. The van der Waals surface area contributed by atoms with E-state index in [1.54, 1.807) is 0 Å². The smallest absolute Gasteiger partial charge is 0.0685 e. The van der Waals surface area contributed by atoms with Crippen LogP contribution in [0.1, 0.15) is 43.6 Å². The van der Waals surface area contributed by atoms with Crippen molar-refractivity contribution in [1.29, 1.82) is 0 Å². The molecular formula is C12H21N3. The van der Waals surface area contributed by atoms with Crippen LogP contribution in [0.4, 0.5) is 0 Å². The largest absolute Gasteiger partial charge is 0.300 e. The van der Waals surface area contributed by atoms with E-state index in [4.69, 9.17) is 5.10 Å². The molecule has 0 N–H and O–H groups in total. The van der Waals surface area contributed by atoms with Gasteiger partial charge < -0.3 is 4.90 Å². The Morgan fingerprint density at radius 3 is 2.73 bits per heavy atom. The fourth-order valence-corrected chi connectivity index (χ4v) is 2.37. The van der Waals surface area contributed by atoms with Crippen LogP contribution < -0.4 is 0 Å². The lowest BCUT2D eigenvalue weighted by Gasteiger charge is -2.23. The fourth-order valence-electron chi connectivity index (χ4n) is 2.37. The normalized spacial score (nSPS) is 17.1. The van der Waals surface area contributed by atoms with Crippen LogP contribution in [0.15, 0.2) is 0 Å². The third-order valence-corrected chi connectivity index (χ3v) is 3.21. The maximum atomic E-state index is 4.73. The van der Waals surface area contributed by atoms with Gasteiger partial charge in [-0.1, -0.05) is 13.8 Å². The van der Waals surface area contributed by atoms with Gasteiger partial charge in [-0.3, -0.25) is 4.68 Å². The minimum Gasteiger partial charge on any atom is -0.300 e. The zero-order chi connectivity index (χ0) is 11.0. The summed E-state index contributed by atoms with van der Waals surface area (Å²) in [4.78, 5) is 2.38. The molecule has 1 aromatic rings. The highest BCUT2D eigenvalue weighted by Crippen LogP contribution is 2.26. The quantitative estimate of drug-likeness (QED) is 0.739. The highest BCUT2D eigenvalue weighted by molar-refractivity contribution is 5.30. The Hall–Kier alpha value is -0.830. The van der Waals surface area contributed by atoms with Crippen LogP contribution in [-0.4, -0.2) is 28.3 Å². The standard InChI is InChI=1S/C12H21N3/c1-5-15-11-8-14(4)7-6-10(11)12(13-15)9(2)3/h9H,5-8H2,1-4H3. The molecule has 1 aliphatic rings. The molecule has 0 aromatic carbocycles. The third kappa shape index (κ3) is 1.81. The summed E-state index contributed by atoms with van der Waals surface area (Å²) in [5.41, 5.74) is 4.28. The van der Waals surface area contributed by atoms with Crippen LogP contribution in [0.5, 0.6) is 0 Å². The summed E-state index contributed by atoms with van der Waals surface area (Å²) in [6, 6.07) is 0. The van der Waals surface area contributed by atoms with Crippen LogP contribution in [0.2, 0.25) is 0 Å². The molecule has 0 spiro atoms. The van der Waals surface area contributed by atoms with Gasteiger partial charge >= 0.3 is 0 Å². The molecule has 1 aromatic heterocycles. The average molecular weight is 207 g/mol. The summed E-state index contributed by atoms with van der Waals surface area (Å²) in [6.45, 7) is 9.86. The number of rotatable bonds is 2. The Morgan fingerprint density at radius 1 is 1.40 bits per heavy atom. The molecule has 0 atom stereocenters. The Labute approximate surface area is 92.1 Å². The van der Waals surface area contributed by atoms with Crippen molar-refractivity contribution < 1.29 is 0 Å². The van der Waals surface area contributed by atoms with E-state index < -0.39 is 0 Å². The summed E-state index contributed by atoms with van der Waals surface area (Å²) < 4.78 is 2.18. The van der Waals surface area contributed by atoms with Gasteiger partial charge in [0.25, 0.3) is 0 Å². The Morgan fingerprint density at radius 2 is 2.13 bits per heavy atom. The first-order valence-electron chi connectivity index (χ1n) is 5.90. The molecule has 0 saturated heterocycles. The second-order valence-corrected chi connectivity index (χ2v) is 4.77. The summed E-state index contributed by atoms with van der Waals surface area (Å²) in [7, 11) is 2.19. The molecule has 0 saturated carbocycles. The molecule has 1 aliphatic heterocycles. The minimum absolute atomic E-state index is 0.551. The number of nitrogens with zero attached hydrogens (tertiary/aromatic N) is 3. The van der Waals surface area contributed by atoms with Crippen molar-refractivity contribution in [3.8, 4) is 0 Å². The molecule has 0 radical (unpaired) electrons. The Kier molecular flexibility index (Phi) is 2.83. The lowest BCUT2D eigenvalue weighted by atomic mass is 9.99. The van der Waals surface area contributed by atoms with Gasteiger partial charge in [0.1, 0.15) is 0 Å². The molecule has 15 heavy (non-hydrogen) atoms. The molecule has 2 heterocycles. The van der Waals surface area contributed by atoms with Crippen molar-refractivity contribution in [2.75, 3.05) is 13.6 Å². The van der Waals surface area contributed by atoms with Gasteiger partial charge in [-0.05, 0) is 31.9 Å². The van der Waals surface area contributed by atoms with Gasteiger partial charge in [-0.15, -0.1) is 0 Å². The molecule has 0 aliphatic carbocycles. The monoisotopic (exact) mass is 207 g/mol. The second kappa shape index (κ2) is 3.97. The molecule has 2 rings (SSSR count). The lowest BCUT2D eigenvalue weighted by molar-refractivity contribution is 0.300. The fraction of sp³-hybridized carbons (Fsp3) is 0.750. The summed E-state index contributed by atoms with van der Waals surface area (Å²) in [5.74, 6) is 0.551. The first-order valence-corrected chi connectivity index (χ1v) is 5.90. The number of hydrogen-bond donors (Lipinski definition) is 0. The van der Waals surface area contributed by atoms with Gasteiger partial charge in [-0.2, -0.15) is 5.10 Å². The number of aromatic nitrogens is 2. The van der Waals surface area contributed by atoms with Crippen molar-refractivity contribution in [2.24, 2.45) is 0 Å². The van der Waals surface area contributed by atoms with Crippen molar-refractivity contribution in [1.82, 2.24) is 14.7 Å². The Balaban J connectivity index is 2.45. The highest BCUT2D eigenvalue weighted by Gasteiger charge is 2.23. The van der Waals surface area contributed by atoms with Crippen LogP contribution in [0.25, 0.3) is 0 Å². The lowest BCUT2D eigenvalue weighted by Crippen LogP contribution is -2.28. The molecule has 84 valence electrons. The third-order valence-electron chi connectivity index (χ3n) is 3.21. The molecule has 0 unspecified atom stereocenters. The number of aryl methyl sites for hydroxylation is 1. The van der Waals surface area contributed by atoms with Gasteiger partial charge in [-0.25, -0.2) is 0 Å². The maximum Gasteiger partial charge on any atom is 0.0685 e. The molecule has 0 amide bonds. The van der Waals surface area contributed by atoms with E-state index in [9.17, 15) is 0 Å². The first kappa shape index (κ1) is 10.7. The average Bonchev–Trinajstić information content (AvgIpc) is 2.55. The van der Waals surface area contributed by atoms with Crippen molar-refractivity contribution >= 4 is 0 Å². The van der Waals surface area contributed by atoms with E-state index in [-0.39, 0.29) is 0 Å². The molecular weight excluding hydrogens is 186 g/mol. The van der Waals surface area contributed by atoms with E-state index in [1.807, 2.05) is 0 Å². The summed E-state index contributed by atoms with van der Waals surface area (Å²) in [6.07, 6.45) is 1.17. The van der Waals surface area contributed by atoms with E-state index in [0.29, 0.717) is 5.92 Å². The summed E-state index contributed by atoms with van der Waals surface area (Å²) in [5, 5.41) is 4.73. The Bertz CT molecular complexity index is 352. The van der Waals surface area contributed by atoms with Crippen molar-refractivity contribution in [3.63, 3.8) is 0 Å². The van der Waals surface area contributed by atoms with Gasteiger partial charge in [0.2, 0.25) is 0 Å². The summed E-state index contributed by atoms with van der Waals surface area (Å²) >= 11 is 0. The van der Waals surface area contributed by atoms with E-state index in [1.165, 1.54) is 29.9 Å². The van der Waals surface area contributed by atoms with E-state index >= 15 is 0 Å². The van der Waals surface area contributed by atoms with E-state index in [0.717, 1.165) is 13.1 Å². The minimum atomic E-state index is 0.551. The first-order chi connectivity index (χ1) is 7.13. The second-order valence-electron chi connectivity index (χ2n) is 4.77. The highest BCUT2D eigenvalue weighted by atomic mass is 15.3. The molecule has 0 bridgehead atoms. The van der Waals surface area contributed by atoms with Gasteiger partial charge in [0, 0.05) is 19.6 Å². The zero-order valence-corrected chi connectivity index (χ0v) is 10.2. The van der Waals surface area contributed by atoms with Crippen molar-refractivity contribution in [2.45, 2.75) is 46.2 Å². The topological polar surface area (TPSA) is 21.1 Å². The predicted octanol–water partition coefficient (Wildman–Crippen LogP) is 2.01. The van der Waals surface area contributed by atoms with Crippen LogP contribution in [0, 0.1) is 0 Å². The number of hydrogen-bond acceptors (Lipinski definition) is 2. The molecule has 3 nitrogen and oxygen atoms in total. The van der Waals surface area contributed by atoms with Gasteiger partial charge in [0.15, 0.2) is 0 Å². The van der Waals surface area contributed by atoms with Crippen LogP contribution >= 0.6 is 0 Å². The zero-order valence-electron chi connectivity index (χ0n) is 10.2. The maximum absolute atomic E-state index is 4.73. The van der Waals surface area contributed by atoms with Gasteiger partial charge in [0.05, 0.1) is 11.4 Å². The molecule has 0 fully saturated rings. The SMILES string of the molecule is CCn1nc(C(C)C)c2c1CN(C)CC2. The van der Waals surface area contributed by atoms with E-state index in [2.05, 4.69) is 37.4 Å². The van der Waals surface area contributed by atoms with Crippen LogP contribution in [-0.2, 0) is 19.5 Å². The molecule has 3 heteroatoms. The van der Waals surface area contributed by atoms with Crippen LogP contribution in [0.3, 0.4) is 0 Å².